The minimum Gasteiger partial charge on any atom is -0.490 e. The Bertz CT molecular complexity index is 398. The third-order valence-electron chi connectivity index (χ3n) is 2.93. The number of rotatable bonds is 4. The van der Waals surface area contributed by atoms with Crippen molar-refractivity contribution in [2.24, 2.45) is 5.73 Å². The van der Waals surface area contributed by atoms with Gasteiger partial charge in [0.1, 0.15) is 0 Å². The zero-order valence-corrected chi connectivity index (χ0v) is 10.6. The van der Waals surface area contributed by atoms with E-state index in [0.29, 0.717) is 19.8 Å². The van der Waals surface area contributed by atoms with Crippen LogP contribution < -0.4 is 20.1 Å². The molecule has 1 heterocycles. The normalized spacial score (nSPS) is 15.9. The number of anilines is 1. The lowest BCUT2D eigenvalue weighted by Crippen LogP contribution is -2.34. The Balaban J connectivity index is 2.12. The number of likely N-dealkylation sites (N-methyl/N-ethyl adjacent to an activating group) is 1. The molecular weight excluding hydrogens is 232 g/mol. The molecule has 1 aromatic rings. The van der Waals surface area contributed by atoms with Crippen molar-refractivity contribution >= 4 is 5.69 Å². The summed E-state index contributed by atoms with van der Waals surface area (Å²) in [6, 6.07) is 5.79. The molecule has 1 unspecified atom stereocenters. The molecule has 18 heavy (non-hydrogen) atoms. The molecule has 0 saturated heterocycles. The van der Waals surface area contributed by atoms with Gasteiger partial charge >= 0.3 is 0 Å². The van der Waals surface area contributed by atoms with Crippen LogP contribution in [0.3, 0.4) is 0 Å². The molecule has 1 aromatic carbocycles. The van der Waals surface area contributed by atoms with Crippen molar-refractivity contribution in [3.63, 3.8) is 0 Å². The SMILES string of the molecule is CN(CC(O)CN)c1ccc2c(c1)OCCCO2. The second-order valence-electron chi connectivity index (χ2n) is 4.45. The lowest BCUT2D eigenvalue weighted by Gasteiger charge is -2.22. The van der Waals surface area contributed by atoms with Crippen LogP contribution in [0.4, 0.5) is 5.69 Å². The highest BCUT2D eigenvalue weighted by Crippen LogP contribution is 2.33. The van der Waals surface area contributed by atoms with Crippen molar-refractivity contribution in [1.82, 2.24) is 0 Å². The van der Waals surface area contributed by atoms with E-state index in [1.54, 1.807) is 0 Å². The predicted octanol–water partition coefficient (Wildman–Crippen LogP) is 0.604. The van der Waals surface area contributed by atoms with Gasteiger partial charge < -0.3 is 25.2 Å². The second-order valence-corrected chi connectivity index (χ2v) is 4.45. The molecule has 0 fully saturated rings. The molecule has 5 nitrogen and oxygen atoms in total. The lowest BCUT2D eigenvalue weighted by atomic mass is 10.2. The van der Waals surface area contributed by atoms with E-state index in [2.05, 4.69) is 0 Å². The van der Waals surface area contributed by atoms with Crippen LogP contribution in [0.2, 0.25) is 0 Å². The van der Waals surface area contributed by atoms with E-state index >= 15 is 0 Å². The number of aliphatic hydroxyl groups excluding tert-OH is 1. The molecule has 0 radical (unpaired) electrons. The highest BCUT2D eigenvalue weighted by Gasteiger charge is 2.13. The Kier molecular flexibility index (Phi) is 4.28. The van der Waals surface area contributed by atoms with Crippen molar-refractivity contribution < 1.29 is 14.6 Å². The maximum Gasteiger partial charge on any atom is 0.163 e. The van der Waals surface area contributed by atoms with E-state index in [-0.39, 0.29) is 6.54 Å². The molecule has 3 N–H and O–H groups in total. The minimum absolute atomic E-state index is 0.259. The maximum atomic E-state index is 9.55. The molecule has 2 rings (SSSR count). The average molecular weight is 252 g/mol. The lowest BCUT2D eigenvalue weighted by molar-refractivity contribution is 0.189. The van der Waals surface area contributed by atoms with Crippen LogP contribution in [0.5, 0.6) is 11.5 Å². The van der Waals surface area contributed by atoms with E-state index in [1.165, 1.54) is 0 Å². The van der Waals surface area contributed by atoms with Crippen molar-refractivity contribution in [3.05, 3.63) is 18.2 Å². The van der Waals surface area contributed by atoms with Crippen LogP contribution in [0, 0.1) is 0 Å². The van der Waals surface area contributed by atoms with Crippen molar-refractivity contribution in [1.29, 1.82) is 0 Å². The summed E-state index contributed by atoms with van der Waals surface area (Å²) in [5, 5.41) is 9.55. The van der Waals surface area contributed by atoms with Crippen LogP contribution in [0.25, 0.3) is 0 Å². The van der Waals surface area contributed by atoms with Crippen LogP contribution in [0.15, 0.2) is 18.2 Å². The monoisotopic (exact) mass is 252 g/mol. The van der Waals surface area contributed by atoms with Gasteiger partial charge in [-0.25, -0.2) is 0 Å². The molecule has 0 aliphatic carbocycles. The van der Waals surface area contributed by atoms with Gasteiger partial charge in [0.2, 0.25) is 0 Å². The third kappa shape index (κ3) is 3.05. The van der Waals surface area contributed by atoms with Crippen LogP contribution in [-0.2, 0) is 0 Å². The minimum atomic E-state index is -0.522. The topological polar surface area (TPSA) is 68.0 Å². The fourth-order valence-corrected chi connectivity index (χ4v) is 1.89. The van der Waals surface area contributed by atoms with Crippen molar-refractivity contribution in [3.8, 4) is 11.5 Å². The van der Waals surface area contributed by atoms with E-state index in [0.717, 1.165) is 23.6 Å². The van der Waals surface area contributed by atoms with Crippen LogP contribution >= 0.6 is 0 Å². The maximum absolute atomic E-state index is 9.55. The van der Waals surface area contributed by atoms with Gasteiger partial charge in [0, 0.05) is 38.3 Å². The van der Waals surface area contributed by atoms with Gasteiger partial charge in [0.25, 0.3) is 0 Å². The summed E-state index contributed by atoms with van der Waals surface area (Å²) >= 11 is 0. The quantitative estimate of drug-likeness (QED) is 0.821. The number of benzene rings is 1. The molecule has 0 spiro atoms. The molecule has 1 atom stereocenters. The first-order valence-electron chi connectivity index (χ1n) is 6.19. The Morgan fingerprint density at radius 3 is 2.78 bits per heavy atom. The van der Waals surface area contributed by atoms with Gasteiger partial charge in [-0.1, -0.05) is 0 Å². The molecule has 1 aliphatic rings. The second kappa shape index (κ2) is 5.93. The average Bonchev–Trinajstić information content (AvgIpc) is 2.62. The molecule has 100 valence electrons. The summed E-state index contributed by atoms with van der Waals surface area (Å²) in [6.45, 7) is 2.12. The summed E-state index contributed by atoms with van der Waals surface area (Å²) in [6.07, 6.45) is 0.372. The van der Waals surface area contributed by atoms with Gasteiger partial charge in [0.05, 0.1) is 19.3 Å². The van der Waals surface area contributed by atoms with Crippen LogP contribution in [-0.4, -0.2) is 44.6 Å². The van der Waals surface area contributed by atoms with E-state index < -0.39 is 6.10 Å². The molecule has 5 heteroatoms. The Hall–Kier alpha value is -1.46. The molecule has 0 saturated carbocycles. The van der Waals surface area contributed by atoms with Gasteiger partial charge in [-0.05, 0) is 12.1 Å². The number of nitrogens with zero attached hydrogens (tertiary/aromatic N) is 1. The van der Waals surface area contributed by atoms with Crippen LogP contribution in [0.1, 0.15) is 6.42 Å². The number of hydrogen-bond acceptors (Lipinski definition) is 5. The molecule has 0 aromatic heterocycles. The highest BCUT2D eigenvalue weighted by molar-refractivity contribution is 5.56. The fourth-order valence-electron chi connectivity index (χ4n) is 1.89. The number of fused-ring (bicyclic) bond motifs is 1. The van der Waals surface area contributed by atoms with Crippen molar-refractivity contribution in [2.75, 3.05) is 38.3 Å². The number of nitrogens with two attached hydrogens (primary N) is 1. The van der Waals surface area contributed by atoms with E-state index in [1.807, 2.05) is 30.1 Å². The summed E-state index contributed by atoms with van der Waals surface area (Å²) in [7, 11) is 1.91. The summed E-state index contributed by atoms with van der Waals surface area (Å²) in [5.74, 6) is 1.54. The van der Waals surface area contributed by atoms with E-state index in [9.17, 15) is 5.11 Å². The Morgan fingerprint density at radius 1 is 1.33 bits per heavy atom. The van der Waals surface area contributed by atoms with Gasteiger partial charge in [-0.3, -0.25) is 0 Å². The van der Waals surface area contributed by atoms with E-state index in [4.69, 9.17) is 15.2 Å². The number of aliphatic hydroxyl groups is 1. The largest absolute Gasteiger partial charge is 0.490 e. The smallest absolute Gasteiger partial charge is 0.163 e. The van der Waals surface area contributed by atoms with Crippen molar-refractivity contribution in [2.45, 2.75) is 12.5 Å². The Morgan fingerprint density at radius 2 is 2.06 bits per heavy atom. The predicted molar refractivity (Wildman–Crippen MR) is 70.4 cm³/mol. The van der Waals surface area contributed by atoms with Gasteiger partial charge in [-0.15, -0.1) is 0 Å². The first kappa shape index (κ1) is 13.0. The third-order valence-corrected chi connectivity index (χ3v) is 2.93. The fraction of sp³-hybridized carbons (Fsp3) is 0.538. The number of hydrogen-bond donors (Lipinski definition) is 2. The number of ether oxygens (including phenoxy) is 2. The zero-order valence-electron chi connectivity index (χ0n) is 10.6. The standard InChI is InChI=1S/C13H20N2O3/c1-15(9-11(16)8-14)10-3-4-12-13(7-10)18-6-2-5-17-12/h3-4,7,11,16H,2,5-6,8-9,14H2,1H3. The summed E-state index contributed by atoms with van der Waals surface area (Å²) < 4.78 is 11.2. The molecular formula is C13H20N2O3. The van der Waals surface area contributed by atoms with Gasteiger partial charge in [-0.2, -0.15) is 0 Å². The summed E-state index contributed by atoms with van der Waals surface area (Å²) in [4.78, 5) is 1.95. The first-order chi connectivity index (χ1) is 8.70. The zero-order chi connectivity index (χ0) is 13.0. The molecule has 0 amide bonds. The highest BCUT2D eigenvalue weighted by atomic mass is 16.5. The first-order valence-corrected chi connectivity index (χ1v) is 6.19. The van der Waals surface area contributed by atoms with Gasteiger partial charge in [0.15, 0.2) is 11.5 Å². The summed E-state index contributed by atoms with van der Waals surface area (Å²) in [5.41, 5.74) is 6.39. The molecule has 1 aliphatic heterocycles. The molecule has 0 bridgehead atoms. The Labute approximate surface area is 107 Å².